The smallest absolute Gasteiger partial charge is 0.319 e. The van der Waals surface area contributed by atoms with E-state index in [9.17, 15) is 4.79 Å². The summed E-state index contributed by atoms with van der Waals surface area (Å²) in [6.45, 7) is 3.98. The molecule has 0 saturated carbocycles. The minimum absolute atomic E-state index is 0.113. The van der Waals surface area contributed by atoms with Crippen molar-refractivity contribution in [3.63, 3.8) is 0 Å². The zero-order valence-corrected chi connectivity index (χ0v) is 13.8. The zero-order chi connectivity index (χ0) is 16.1. The summed E-state index contributed by atoms with van der Waals surface area (Å²) in [5.41, 5.74) is 1.64. The predicted octanol–water partition coefficient (Wildman–Crippen LogP) is 4.04. The molecular weight excluding hydrogens is 300 g/mol. The molecule has 0 aliphatic heterocycles. The molecule has 0 fully saturated rings. The number of aromatic nitrogens is 2. The molecule has 1 aromatic carbocycles. The Morgan fingerprint density at radius 2 is 2.23 bits per heavy atom. The first-order chi connectivity index (χ1) is 10.5. The second kappa shape index (κ2) is 7.31. The van der Waals surface area contributed by atoms with Crippen molar-refractivity contribution >= 4 is 23.3 Å². The van der Waals surface area contributed by atoms with Crippen molar-refractivity contribution in [1.82, 2.24) is 14.9 Å². The summed E-state index contributed by atoms with van der Waals surface area (Å²) in [5, 5.41) is 6.50. The number of imidazole rings is 1. The molecule has 22 heavy (non-hydrogen) atoms. The van der Waals surface area contributed by atoms with Crippen LogP contribution in [0.25, 0.3) is 0 Å². The number of benzene rings is 1. The van der Waals surface area contributed by atoms with E-state index >= 15 is 0 Å². The number of amides is 2. The summed E-state index contributed by atoms with van der Waals surface area (Å²) in [5.74, 6) is 0.851. The van der Waals surface area contributed by atoms with E-state index in [2.05, 4.69) is 22.5 Å². The molecule has 2 aromatic rings. The van der Waals surface area contributed by atoms with E-state index < -0.39 is 0 Å². The SMILES string of the molecule is CCC[C@H](NC(=O)Nc1ccc(Cl)c(C)c1)c1nccn1C. The quantitative estimate of drug-likeness (QED) is 0.873. The Bertz CT molecular complexity index is 653. The molecule has 2 amide bonds. The normalized spacial score (nSPS) is 12.0. The maximum atomic E-state index is 12.2. The van der Waals surface area contributed by atoms with Crippen molar-refractivity contribution < 1.29 is 4.79 Å². The largest absolute Gasteiger partial charge is 0.336 e. The molecule has 6 heteroatoms. The zero-order valence-electron chi connectivity index (χ0n) is 13.1. The molecule has 0 radical (unpaired) electrons. The van der Waals surface area contributed by atoms with Crippen molar-refractivity contribution in [2.45, 2.75) is 32.7 Å². The van der Waals surface area contributed by atoms with E-state index in [1.54, 1.807) is 18.3 Å². The van der Waals surface area contributed by atoms with Gasteiger partial charge in [0, 0.05) is 30.2 Å². The van der Waals surface area contributed by atoms with Gasteiger partial charge in [-0.1, -0.05) is 24.9 Å². The molecule has 1 atom stereocenters. The number of halogens is 1. The summed E-state index contributed by atoms with van der Waals surface area (Å²) in [6.07, 6.45) is 5.40. The molecular formula is C16H21ClN4O. The van der Waals surface area contributed by atoms with Gasteiger partial charge in [-0.25, -0.2) is 9.78 Å². The molecule has 0 saturated heterocycles. The first-order valence-electron chi connectivity index (χ1n) is 7.32. The number of rotatable bonds is 5. The molecule has 0 unspecified atom stereocenters. The minimum atomic E-state index is -0.247. The van der Waals surface area contributed by atoms with Crippen LogP contribution in [-0.2, 0) is 7.05 Å². The number of aryl methyl sites for hydroxylation is 2. The molecule has 0 aliphatic rings. The van der Waals surface area contributed by atoms with E-state index in [-0.39, 0.29) is 12.1 Å². The maximum absolute atomic E-state index is 12.2. The molecule has 1 aromatic heterocycles. The van der Waals surface area contributed by atoms with Gasteiger partial charge in [-0.2, -0.15) is 0 Å². The number of anilines is 1. The Morgan fingerprint density at radius 1 is 1.45 bits per heavy atom. The second-order valence-electron chi connectivity index (χ2n) is 5.30. The van der Waals surface area contributed by atoms with Gasteiger partial charge in [0.05, 0.1) is 6.04 Å². The van der Waals surface area contributed by atoms with E-state index in [1.165, 1.54) is 0 Å². The Hall–Kier alpha value is -2.01. The summed E-state index contributed by atoms with van der Waals surface area (Å²) < 4.78 is 1.92. The number of carbonyl (C=O) groups is 1. The number of hydrogen-bond donors (Lipinski definition) is 2. The Kier molecular flexibility index (Phi) is 5.44. The van der Waals surface area contributed by atoms with Crippen molar-refractivity contribution in [3.05, 3.63) is 47.0 Å². The number of nitrogens with zero attached hydrogens (tertiary/aromatic N) is 2. The number of urea groups is 1. The van der Waals surface area contributed by atoms with E-state index in [4.69, 9.17) is 11.6 Å². The van der Waals surface area contributed by atoms with Gasteiger partial charge in [-0.15, -0.1) is 0 Å². The van der Waals surface area contributed by atoms with Crippen LogP contribution in [0.4, 0.5) is 10.5 Å². The molecule has 1 heterocycles. The fourth-order valence-electron chi connectivity index (χ4n) is 2.32. The summed E-state index contributed by atoms with van der Waals surface area (Å²) in [4.78, 5) is 16.5. The van der Waals surface area contributed by atoms with Crippen LogP contribution >= 0.6 is 11.6 Å². The minimum Gasteiger partial charge on any atom is -0.336 e. The highest BCUT2D eigenvalue weighted by atomic mass is 35.5. The Labute approximate surface area is 135 Å². The Balaban J connectivity index is 2.05. The molecule has 5 nitrogen and oxygen atoms in total. The van der Waals surface area contributed by atoms with Crippen LogP contribution in [-0.4, -0.2) is 15.6 Å². The molecule has 0 aliphatic carbocycles. The van der Waals surface area contributed by atoms with Crippen LogP contribution < -0.4 is 10.6 Å². The molecule has 2 N–H and O–H groups in total. The number of nitrogens with one attached hydrogen (secondary N) is 2. The molecule has 2 rings (SSSR count). The molecule has 0 bridgehead atoms. The Morgan fingerprint density at radius 3 is 2.82 bits per heavy atom. The second-order valence-corrected chi connectivity index (χ2v) is 5.71. The lowest BCUT2D eigenvalue weighted by molar-refractivity contribution is 0.247. The number of hydrogen-bond acceptors (Lipinski definition) is 2. The van der Waals surface area contributed by atoms with Crippen LogP contribution in [0.3, 0.4) is 0 Å². The highest BCUT2D eigenvalue weighted by Crippen LogP contribution is 2.20. The highest BCUT2D eigenvalue weighted by Gasteiger charge is 2.17. The number of carbonyl (C=O) groups excluding carboxylic acids is 1. The molecule has 118 valence electrons. The van der Waals surface area contributed by atoms with Gasteiger partial charge in [0.2, 0.25) is 0 Å². The highest BCUT2D eigenvalue weighted by molar-refractivity contribution is 6.31. The van der Waals surface area contributed by atoms with Gasteiger partial charge < -0.3 is 15.2 Å². The van der Waals surface area contributed by atoms with E-state index in [1.807, 2.05) is 30.8 Å². The van der Waals surface area contributed by atoms with Crippen molar-refractivity contribution in [1.29, 1.82) is 0 Å². The van der Waals surface area contributed by atoms with Gasteiger partial charge in [-0.3, -0.25) is 0 Å². The lowest BCUT2D eigenvalue weighted by atomic mass is 10.1. The van der Waals surface area contributed by atoms with Crippen molar-refractivity contribution in [3.8, 4) is 0 Å². The van der Waals surface area contributed by atoms with Crippen LogP contribution in [0.2, 0.25) is 5.02 Å². The third-order valence-electron chi connectivity index (χ3n) is 3.47. The third-order valence-corrected chi connectivity index (χ3v) is 3.89. The van der Waals surface area contributed by atoms with Gasteiger partial charge in [0.25, 0.3) is 0 Å². The van der Waals surface area contributed by atoms with Gasteiger partial charge >= 0.3 is 6.03 Å². The maximum Gasteiger partial charge on any atom is 0.319 e. The van der Waals surface area contributed by atoms with Crippen LogP contribution in [0.5, 0.6) is 0 Å². The van der Waals surface area contributed by atoms with Crippen LogP contribution in [0, 0.1) is 6.92 Å². The van der Waals surface area contributed by atoms with Crippen LogP contribution in [0.15, 0.2) is 30.6 Å². The predicted molar refractivity (Wildman–Crippen MR) is 89.2 cm³/mol. The summed E-state index contributed by atoms with van der Waals surface area (Å²) in [6, 6.07) is 5.04. The topological polar surface area (TPSA) is 59.0 Å². The fourth-order valence-corrected chi connectivity index (χ4v) is 2.43. The van der Waals surface area contributed by atoms with Gasteiger partial charge in [0.1, 0.15) is 5.82 Å². The first kappa shape index (κ1) is 16.4. The third kappa shape index (κ3) is 4.01. The summed E-state index contributed by atoms with van der Waals surface area (Å²) >= 11 is 5.99. The average Bonchev–Trinajstić information content (AvgIpc) is 2.88. The fraction of sp³-hybridized carbons (Fsp3) is 0.375. The molecule has 0 spiro atoms. The van der Waals surface area contributed by atoms with Gasteiger partial charge in [-0.05, 0) is 37.1 Å². The summed E-state index contributed by atoms with van der Waals surface area (Å²) in [7, 11) is 1.92. The van der Waals surface area contributed by atoms with E-state index in [0.29, 0.717) is 5.02 Å². The standard InChI is InChI=1S/C16H21ClN4O/c1-4-5-14(15-18-8-9-21(15)3)20-16(22)19-12-6-7-13(17)11(2)10-12/h6-10,14H,4-5H2,1-3H3,(H2,19,20,22)/t14-/m0/s1. The van der Waals surface area contributed by atoms with Crippen LogP contribution in [0.1, 0.15) is 37.2 Å². The van der Waals surface area contributed by atoms with E-state index in [0.717, 1.165) is 29.9 Å². The lowest BCUT2D eigenvalue weighted by Gasteiger charge is -2.18. The van der Waals surface area contributed by atoms with Crippen molar-refractivity contribution in [2.75, 3.05) is 5.32 Å². The lowest BCUT2D eigenvalue weighted by Crippen LogP contribution is -2.33. The average molecular weight is 321 g/mol. The van der Waals surface area contributed by atoms with Gasteiger partial charge in [0.15, 0.2) is 0 Å². The monoisotopic (exact) mass is 320 g/mol. The van der Waals surface area contributed by atoms with Crippen molar-refractivity contribution in [2.24, 2.45) is 7.05 Å². The first-order valence-corrected chi connectivity index (χ1v) is 7.70.